The molecule has 0 fully saturated rings. The van der Waals surface area contributed by atoms with Gasteiger partial charge in [-0.15, -0.1) is 0 Å². The molecule has 9 heteroatoms. The lowest BCUT2D eigenvalue weighted by molar-refractivity contribution is -0.139. The van der Waals surface area contributed by atoms with Gasteiger partial charge in [0.05, 0.1) is 6.42 Å². The van der Waals surface area contributed by atoms with Gasteiger partial charge in [-0.25, -0.2) is 4.79 Å². The number of benzene rings is 2. The number of aromatic nitrogens is 1. The smallest absolute Gasteiger partial charge is 0.407 e. The van der Waals surface area contributed by atoms with E-state index in [0.717, 1.165) is 22.3 Å². The second-order valence-electron chi connectivity index (χ2n) is 6.99. The maximum atomic E-state index is 12.4. The molecule has 1 aliphatic carbocycles. The molecule has 2 amide bonds. The van der Waals surface area contributed by atoms with Gasteiger partial charge in [0.2, 0.25) is 5.91 Å². The van der Waals surface area contributed by atoms with E-state index in [9.17, 15) is 14.4 Å². The minimum atomic E-state index is -1.34. The van der Waals surface area contributed by atoms with Crippen LogP contribution in [-0.4, -0.2) is 40.9 Å². The third-order valence-corrected chi connectivity index (χ3v) is 5.02. The largest absolute Gasteiger partial charge is 0.481 e. The van der Waals surface area contributed by atoms with Gasteiger partial charge in [-0.05, 0) is 22.3 Å². The van der Waals surface area contributed by atoms with Gasteiger partial charge < -0.3 is 25.0 Å². The van der Waals surface area contributed by atoms with Crippen LogP contribution in [0.25, 0.3) is 11.1 Å². The molecule has 1 unspecified atom stereocenters. The van der Waals surface area contributed by atoms with Crippen LogP contribution in [0.3, 0.4) is 0 Å². The van der Waals surface area contributed by atoms with E-state index in [1.165, 1.54) is 12.3 Å². The highest BCUT2D eigenvalue weighted by atomic mass is 16.5. The maximum Gasteiger partial charge on any atom is 0.407 e. The van der Waals surface area contributed by atoms with Crippen molar-refractivity contribution in [1.82, 2.24) is 10.5 Å². The van der Waals surface area contributed by atoms with Crippen LogP contribution in [0, 0.1) is 0 Å². The molecule has 158 valence electrons. The van der Waals surface area contributed by atoms with Gasteiger partial charge in [0.1, 0.15) is 18.9 Å². The van der Waals surface area contributed by atoms with E-state index in [1.54, 1.807) is 0 Å². The number of ether oxygens (including phenoxy) is 1. The molecule has 1 heterocycles. The molecule has 1 aliphatic rings. The first-order valence-corrected chi connectivity index (χ1v) is 9.57. The Morgan fingerprint density at radius 2 is 1.68 bits per heavy atom. The lowest BCUT2D eigenvalue weighted by Crippen LogP contribution is -2.45. The predicted octanol–water partition coefficient (Wildman–Crippen LogP) is 3.00. The molecule has 2 aromatic carbocycles. The summed E-state index contributed by atoms with van der Waals surface area (Å²) in [5.41, 5.74) is 4.26. The molecule has 0 saturated heterocycles. The summed E-state index contributed by atoms with van der Waals surface area (Å²) in [6.45, 7) is 0.0462. The zero-order valence-electron chi connectivity index (χ0n) is 16.3. The standard InChI is InChI=1S/C22H19N3O6/c26-20(27)11-18(21(28)24-19-9-10-31-25-19)23-22(29)30-12-17-15-7-3-1-5-13(15)14-6-2-4-8-16(14)17/h1-10,17-18H,11-12H2,(H,23,29)(H,26,27)(H,24,25,28). The van der Waals surface area contributed by atoms with Crippen molar-refractivity contribution in [2.75, 3.05) is 11.9 Å². The summed E-state index contributed by atoms with van der Waals surface area (Å²) < 4.78 is 10.00. The summed E-state index contributed by atoms with van der Waals surface area (Å²) in [7, 11) is 0. The third-order valence-electron chi connectivity index (χ3n) is 5.02. The number of fused-ring (bicyclic) bond motifs is 3. The number of anilines is 1. The molecular formula is C22H19N3O6. The van der Waals surface area contributed by atoms with Gasteiger partial charge >= 0.3 is 12.1 Å². The summed E-state index contributed by atoms with van der Waals surface area (Å²) in [5.74, 6) is -2.04. The van der Waals surface area contributed by atoms with Gasteiger partial charge in [0, 0.05) is 12.0 Å². The highest BCUT2D eigenvalue weighted by Crippen LogP contribution is 2.44. The van der Waals surface area contributed by atoms with E-state index >= 15 is 0 Å². The lowest BCUT2D eigenvalue weighted by atomic mass is 9.98. The molecule has 1 aromatic heterocycles. The Morgan fingerprint density at radius 3 is 2.26 bits per heavy atom. The fourth-order valence-corrected chi connectivity index (χ4v) is 3.66. The van der Waals surface area contributed by atoms with Crippen molar-refractivity contribution >= 4 is 23.8 Å². The number of carbonyl (C=O) groups is 3. The molecule has 0 saturated carbocycles. The molecule has 3 aromatic rings. The molecule has 3 N–H and O–H groups in total. The molecule has 0 radical (unpaired) electrons. The average molecular weight is 421 g/mol. The van der Waals surface area contributed by atoms with Crippen LogP contribution in [0.15, 0.2) is 65.4 Å². The Kier molecular flexibility index (Phi) is 5.65. The highest BCUT2D eigenvalue weighted by molar-refractivity contribution is 5.97. The zero-order chi connectivity index (χ0) is 21.8. The average Bonchev–Trinajstić information content (AvgIpc) is 3.37. The van der Waals surface area contributed by atoms with Crippen LogP contribution in [0.4, 0.5) is 10.6 Å². The van der Waals surface area contributed by atoms with Gasteiger partial charge in [-0.2, -0.15) is 0 Å². The molecule has 31 heavy (non-hydrogen) atoms. The predicted molar refractivity (Wildman–Crippen MR) is 109 cm³/mol. The monoisotopic (exact) mass is 421 g/mol. The van der Waals surface area contributed by atoms with Gasteiger partial charge in [-0.3, -0.25) is 9.59 Å². The first-order chi connectivity index (χ1) is 15.0. The minimum absolute atomic E-state index is 0.0462. The normalized spacial score (nSPS) is 13.0. The Morgan fingerprint density at radius 1 is 1.03 bits per heavy atom. The van der Waals surface area contributed by atoms with E-state index in [2.05, 4.69) is 20.3 Å². The van der Waals surface area contributed by atoms with Crippen LogP contribution in [-0.2, 0) is 14.3 Å². The zero-order valence-corrected chi connectivity index (χ0v) is 16.3. The van der Waals surface area contributed by atoms with Crippen molar-refractivity contribution in [3.8, 4) is 11.1 Å². The molecule has 9 nitrogen and oxygen atoms in total. The Hall–Kier alpha value is -4.14. The Labute approximate surface area is 177 Å². The van der Waals surface area contributed by atoms with Crippen LogP contribution >= 0.6 is 0 Å². The van der Waals surface area contributed by atoms with Gasteiger partial charge in [0.15, 0.2) is 5.82 Å². The number of carboxylic acids is 1. The SMILES string of the molecule is O=C(O)CC(NC(=O)OCC1c2ccccc2-c2ccccc21)C(=O)Nc1ccon1. The van der Waals surface area contributed by atoms with E-state index in [0.29, 0.717) is 0 Å². The van der Waals surface area contributed by atoms with Crippen molar-refractivity contribution < 1.29 is 28.8 Å². The summed E-state index contributed by atoms with van der Waals surface area (Å²) in [6.07, 6.45) is -0.252. The summed E-state index contributed by atoms with van der Waals surface area (Å²) in [5, 5.41) is 17.3. The number of aliphatic carboxylic acids is 1. The summed E-state index contributed by atoms with van der Waals surface area (Å²) in [4.78, 5) is 35.9. The van der Waals surface area contributed by atoms with Crippen molar-refractivity contribution in [1.29, 1.82) is 0 Å². The van der Waals surface area contributed by atoms with Crippen molar-refractivity contribution in [2.45, 2.75) is 18.4 Å². The number of nitrogens with one attached hydrogen (secondary N) is 2. The molecule has 0 spiro atoms. The Balaban J connectivity index is 1.43. The first-order valence-electron chi connectivity index (χ1n) is 9.57. The fourth-order valence-electron chi connectivity index (χ4n) is 3.66. The molecule has 1 atom stereocenters. The topological polar surface area (TPSA) is 131 Å². The third kappa shape index (κ3) is 4.40. The lowest BCUT2D eigenvalue weighted by Gasteiger charge is -2.18. The Bertz CT molecular complexity index is 1070. The minimum Gasteiger partial charge on any atom is -0.481 e. The molecular weight excluding hydrogens is 402 g/mol. The van der Waals surface area contributed by atoms with Crippen LogP contribution < -0.4 is 10.6 Å². The van der Waals surface area contributed by atoms with Gasteiger partial charge in [-0.1, -0.05) is 53.7 Å². The van der Waals surface area contributed by atoms with Gasteiger partial charge in [0.25, 0.3) is 0 Å². The number of hydrogen-bond acceptors (Lipinski definition) is 6. The number of carboxylic acid groups (broad SMARTS) is 1. The molecule has 0 aliphatic heterocycles. The number of alkyl carbamates (subject to hydrolysis) is 1. The number of carbonyl (C=O) groups excluding carboxylic acids is 2. The summed E-state index contributed by atoms with van der Waals surface area (Å²) in [6, 6.07) is 15.8. The second-order valence-corrected chi connectivity index (χ2v) is 6.99. The number of hydrogen-bond donors (Lipinski definition) is 3. The van der Waals surface area contributed by atoms with E-state index in [4.69, 9.17) is 9.84 Å². The van der Waals surface area contributed by atoms with E-state index < -0.39 is 30.4 Å². The van der Waals surface area contributed by atoms with E-state index in [-0.39, 0.29) is 18.3 Å². The molecule has 0 bridgehead atoms. The van der Waals surface area contributed by atoms with Crippen LogP contribution in [0.1, 0.15) is 23.5 Å². The number of nitrogens with zero attached hydrogens (tertiary/aromatic N) is 1. The maximum absolute atomic E-state index is 12.4. The van der Waals surface area contributed by atoms with Crippen molar-refractivity contribution in [3.05, 3.63) is 72.0 Å². The van der Waals surface area contributed by atoms with Crippen molar-refractivity contribution in [3.63, 3.8) is 0 Å². The second kappa shape index (κ2) is 8.70. The highest BCUT2D eigenvalue weighted by Gasteiger charge is 2.30. The summed E-state index contributed by atoms with van der Waals surface area (Å²) >= 11 is 0. The van der Waals surface area contributed by atoms with Crippen LogP contribution in [0.5, 0.6) is 0 Å². The quantitative estimate of drug-likeness (QED) is 0.534. The van der Waals surface area contributed by atoms with Crippen molar-refractivity contribution in [2.24, 2.45) is 0 Å². The first kappa shape index (κ1) is 20.1. The van der Waals surface area contributed by atoms with Crippen LogP contribution in [0.2, 0.25) is 0 Å². The van der Waals surface area contributed by atoms with E-state index in [1.807, 2.05) is 48.5 Å². The number of rotatable bonds is 7. The number of amides is 2. The molecule has 4 rings (SSSR count). The fraction of sp³-hybridized carbons (Fsp3) is 0.182.